The standard InChI is InChI=1S/C21H20Cl4N4O/c1-21(2,26-20(30)14-9-15(22)11-16(23)10-14)19-12-29(28-27-19)7-3-4-13-5-6-17(24)18(25)8-13/h5-6,8-12H,3-4,7H2,1-2H3,(H,26,30). The maximum atomic E-state index is 12.6. The van der Waals surface area contributed by atoms with Gasteiger partial charge < -0.3 is 5.32 Å². The lowest BCUT2D eigenvalue weighted by molar-refractivity contribution is 0.0910. The summed E-state index contributed by atoms with van der Waals surface area (Å²) in [7, 11) is 0. The predicted molar refractivity (Wildman–Crippen MR) is 122 cm³/mol. The Morgan fingerprint density at radius 3 is 2.40 bits per heavy atom. The number of benzene rings is 2. The third-order valence-corrected chi connectivity index (χ3v) is 5.74. The molecule has 0 bridgehead atoms. The van der Waals surface area contributed by atoms with Gasteiger partial charge in [-0.3, -0.25) is 9.48 Å². The Hall–Kier alpha value is -1.79. The molecule has 0 radical (unpaired) electrons. The summed E-state index contributed by atoms with van der Waals surface area (Å²) in [6.07, 6.45) is 3.52. The zero-order chi connectivity index (χ0) is 21.9. The van der Waals surface area contributed by atoms with E-state index >= 15 is 0 Å². The molecular weight excluding hydrogens is 466 g/mol. The van der Waals surface area contributed by atoms with Crippen LogP contribution in [-0.4, -0.2) is 20.9 Å². The van der Waals surface area contributed by atoms with Gasteiger partial charge >= 0.3 is 0 Å². The van der Waals surface area contributed by atoms with Crippen LogP contribution in [0.5, 0.6) is 0 Å². The summed E-state index contributed by atoms with van der Waals surface area (Å²) in [5.74, 6) is -0.293. The normalized spacial score (nSPS) is 11.5. The summed E-state index contributed by atoms with van der Waals surface area (Å²) in [6.45, 7) is 4.41. The van der Waals surface area contributed by atoms with Crippen molar-refractivity contribution >= 4 is 52.3 Å². The zero-order valence-electron chi connectivity index (χ0n) is 16.4. The van der Waals surface area contributed by atoms with Crippen molar-refractivity contribution < 1.29 is 4.79 Å². The molecule has 3 aromatic rings. The van der Waals surface area contributed by atoms with Crippen LogP contribution in [0.3, 0.4) is 0 Å². The van der Waals surface area contributed by atoms with Crippen molar-refractivity contribution in [2.45, 2.75) is 38.8 Å². The minimum atomic E-state index is -0.728. The molecule has 1 N–H and O–H groups in total. The lowest BCUT2D eigenvalue weighted by Crippen LogP contribution is -2.41. The van der Waals surface area contributed by atoms with E-state index in [1.165, 1.54) is 0 Å². The minimum absolute atomic E-state index is 0.293. The van der Waals surface area contributed by atoms with Gasteiger partial charge in [-0.15, -0.1) is 5.10 Å². The van der Waals surface area contributed by atoms with Crippen LogP contribution in [0.1, 0.15) is 41.9 Å². The average Bonchev–Trinajstić information content (AvgIpc) is 3.13. The van der Waals surface area contributed by atoms with Gasteiger partial charge in [0.1, 0.15) is 5.69 Å². The van der Waals surface area contributed by atoms with Gasteiger partial charge in [0, 0.05) is 22.2 Å². The van der Waals surface area contributed by atoms with E-state index in [1.54, 1.807) is 28.9 Å². The van der Waals surface area contributed by atoms with Gasteiger partial charge in [-0.05, 0) is 62.6 Å². The first-order chi connectivity index (χ1) is 14.1. The van der Waals surface area contributed by atoms with E-state index in [0.29, 0.717) is 37.9 Å². The van der Waals surface area contributed by atoms with E-state index in [2.05, 4.69) is 15.6 Å². The highest BCUT2D eigenvalue weighted by Gasteiger charge is 2.27. The molecule has 0 aliphatic rings. The van der Waals surface area contributed by atoms with Crippen LogP contribution in [0.25, 0.3) is 0 Å². The molecule has 0 unspecified atom stereocenters. The van der Waals surface area contributed by atoms with E-state index < -0.39 is 5.54 Å². The number of aryl methyl sites for hydroxylation is 2. The number of carbonyl (C=O) groups excluding carboxylic acids is 1. The molecule has 9 heteroatoms. The maximum Gasteiger partial charge on any atom is 0.252 e. The average molecular weight is 486 g/mol. The highest BCUT2D eigenvalue weighted by molar-refractivity contribution is 6.42. The van der Waals surface area contributed by atoms with Crippen LogP contribution in [0.2, 0.25) is 20.1 Å². The van der Waals surface area contributed by atoms with Gasteiger partial charge in [0.05, 0.1) is 21.8 Å². The summed E-state index contributed by atoms with van der Waals surface area (Å²) < 4.78 is 1.76. The number of nitrogens with zero attached hydrogens (tertiary/aromatic N) is 3. The Kier molecular flexibility index (Phi) is 7.30. The second-order valence-corrected chi connectivity index (χ2v) is 9.14. The van der Waals surface area contributed by atoms with Crippen LogP contribution in [0.4, 0.5) is 0 Å². The molecule has 2 aromatic carbocycles. The van der Waals surface area contributed by atoms with Crippen molar-refractivity contribution in [3.8, 4) is 0 Å². The molecule has 0 saturated heterocycles. The molecular formula is C21H20Cl4N4O. The molecule has 5 nitrogen and oxygen atoms in total. The van der Waals surface area contributed by atoms with Crippen LogP contribution in [-0.2, 0) is 18.5 Å². The Labute approximate surface area is 195 Å². The fourth-order valence-electron chi connectivity index (χ4n) is 2.94. The highest BCUT2D eigenvalue weighted by atomic mass is 35.5. The molecule has 0 fully saturated rings. The largest absolute Gasteiger partial charge is 0.341 e. The monoisotopic (exact) mass is 484 g/mol. The second-order valence-electron chi connectivity index (χ2n) is 7.46. The number of nitrogens with one attached hydrogen (secondary N) is 1. The fourth-order valence-corrected chi connectivity index (χ4v) is 3.79. The molecule has 1 aromatic heterocycles. The highest BCUT2D eigenvalue weighted by Crippen LogP contribution is 2.24. The molecule has 30 heavy (non-hydrogen) atoms. The summed E-state index contributed by atoms with van der Waals surface area (Å²) in [6, 6.07) is 10.3. The van der Waals surface area contributed by atoms with Crippen molar-refractivity contribution in [2.24, 2.45) is 0 Å². The van der Waals surface area contributed by atoms with Crippen molar-refractivity contribution in [1.82, 2.24) is 20.3 Å². The third kappa shape index (κ3) is 5.88. The van der Waals surface area contributed by atoms with Crippen LogP contribution in [0, 0.1) is 0 Å². The quantitative estimate of drug-likeness (QED) is 0.434. The molecule has 0 aliphatic carbocycles. The zero-order valence-corrected chi connectivity index (χ0v) is 19.4. The first-order valence-corrected chi connectivity index (χ1v) is 10.8. The predicted octanol–water partition coefficient (Wildman–Crippen LogP) is 6.19. The van der Waals surface area contributed by atoms with Crippen molar-refractivity contribution in [1.29, 1.82) is 0 Å². The molecule has 0 spiro atoms. The Morgan fingerprint density at radius 1 is 1.03 bits per heavy atom. The van der Waals surface area contributed by atoms with Crippen molar-refractivity contribution in [2.75, 3.05) is 0 Å². The summed E-state index contributed by atoms with van der Waals surface area (Å²) in [4.78, 5) is 12.6. The number of hydrogen-bond acceptors (Lipinski definition) is 3. The molecule has 0 aliphatic heterocycles. The lowest BCUT2D eigenvalue weighted by atomic mass is 10.0. The molecule has 1 heterocycles. The first kappa shape index (κ1) is 22.9. The SMILES string of the molecule is CC(C)(NC(=O)c1cc(Cl)cc(Cl)c1)c1cn(CCCc2ccc(Cl)c(Cl)c2)nn1. The number of aromatic nitrogens is 3. The third-order valence-electron chi connectivity index (χ3n) is 4.57. The van der Waals surface area contributed by atoms with E-state index in [-0.39, 0.29) is 5.91 Å². The van der Waals surface area contributed by atoms with Gasteiger partial charge in [0.15, 0.2) is 0 Å². The molecule has 1 amide bonds. The van der Waals surface area contributed by atoms with Crippen LogP contribution in [0.15, 0.2) is 42.6 Å². The summed E-state index contributed by atoms with van der Waals surface area (Å²) >= 11 is 24.0. The molecule has 0 atom stereocenters. The molecule has 3 rings (SSSR count). The van der Waals surface area contributed by atoms with Crippen LogP contribution >= 0.6 is 46.4 Å². The Balaban J connectivity index is 1.60. The van der Waals surface area contributed by atoms with Crippen LogP contribution < -0.4 is 5.32 Å². The minimum Gasteiger partial charge on any atom is -0.341 e. The number of rotatable bonds is 7. The van der Waals surface area contributed by atoms with E-state index in [0.717, 1.165) is 18.4 Å². The Morgan fingerprint density at radius 2 is 1.73 bits per heavy atom. The number of halogens is 4. The lowest BCUT2D eigenvalue weighted by Gasteiger charge is -2.23. The first-order valence-electron chi connectivity index (χ1n) is 9.27. The van der Waals surface area contributed by atoms with Gasteiger partial charge in [0.25, 0.3) is 5.91 Å². The van der Waals surface area contributed by atoms with Gasteiger partial charge in [-0.2, -0.15) is 0 Å². The molecule has 0 saturated carbocycles. The number of amides is 1. The van der Waals surface area contributed by atoms with E-state index in [9.17, 15) is 4.79 Å². The summed E-state index contributed by atoms with van der Waals surface area (Å²) in [5, 5.41) is 13.3. The number of carbonyl (C=O) groups is 1. The smallest absolute Gasteiger partial charge is 0.252 e. The second kappa shape index (κ2) is 9.56. The summed E-state index contributed by atoms with van der Waals surface area (Å²) in [5.41, 5.74) is 1.42. The van der Waals surface area contributed by atoms with E-state index in [1.807, 2.05) is 32.2 Å². The van der Waals surface area contributed by atoms with Crippen molar-refractivity contribution in [3.05, 3.63) is 79.5 Å². The Bertz CT molecular complexity index is 1040. The molecule has 158 valence electrons. The van der Waals surface area contributed by atoms with Gasteiger partial charge in [-0.1, -0.05) is 57.7 Å². The van der Waals surface area contributed by atoms with E-state index in [4.69, 9.17) is 46.4 Å². The topological polar surface area (TPSA) is 59.8 Å². The van der Waals surface area contributed by atoms with Crippen molar-refractivity contribution in [3.63, 3.8) is 0 Å². The number of hydrogen-bond donors (Lipinski definition) is 1. The fraction of sp³-hybridized carbons (Fsp3) is 0.286. The maximum absolute atomic E-state index is 12.6. The van der Waals surface area contributed by atoms with Gasteiger partial charge in [-0.25, -0.2) is 0 Å². The van der Waals surface area contributed by atoms with Gasteiger partial charge in [0.2, 0.25) is 0 Å².